The number of pyridine rings is 1. The summed E-state index contributed by atoms with van der Waals surface area (Å²) in [4.78, 5) is 14.0. The minimum absolute atomic E-state index is 0.784. The second-order valence-electron chi connectivity index (χ2n) is 7.50. The van der Waals surface area contributed by atoms with E-state index in [9.17, 15) is 0 Å². The van der Waals surface area contributed by atoms with E-state index >= 15 is 0 Å². The topological polar surface area (TPSA) is 43.8 Å². The summed E-state index contributed by atoms with van der Waals surface area (Å²) in [5.41, 5.74) is 1.21. The van der Waals surface area contributed by atoms with Gasteiger partial charge in [0.15, 0.2) is 5.96 Å². The zero-order valence-electron chi connectivity index (χ0n) is 15.9. The number of hydrogen-bond donors (Lipinski definition) is 1. The molecule has 0 amide bonds. The number of likely N-dealkylation sites (tertiary alicyclic amines) is 1. The first kappa shape index (κ1) is 18.0. The van der Waals surface area contributed by atoms with Gasteiger partial charge in [-0.15, -0.1) is 0 Å². The molecule has 0 spiro atoms. The molecule has 0 aromatic carbocycles. The van der Waals surface area contributed by atoms with Crippen molar-refractivity contribution in [3.8, 4) is 0 Å². The summed E-state index contributed by atoms with van der Waals surface area (Å²) in [5, 5.41) is 3.50. The molecule has 5 heteroatoms. The molecule has 2 fully saturated rings. The Morgan fingerprint density at radius 2 is 1.84 bits per heavy atom. The van der Waals surface area contributed by atoms with E-state index in [2.05, 4.69) is 39.2 Å². The highest BCUT2D eigenvalue weighted by Crippen LogP contribution is 2.18. The Bertz CT molecular complexity index is 538. The average Bonchev–Trinajstić information content (AvgIpc) is 2.93. The van der Waals surface area contributed by atoms with Crippen LogP contribution < -0.4 is 10.2 Å². The van der Waals surface area contributed by atoms with Crippen LogP contribution in [0.15, 0.2) is 23.3 Å². The Morgan fingerprint density at radius 3 is 2.44 bits per heavy atom. The van der Waals surface area contributed by atoms with Gasteiger partial charge >= 0.3 is 0 Å². The van der Waals surface area contributed by atoms with E-state index < -0.39 is 0 Å². The summed E-state index contributed by atoms with van der Waals surface area (Å²) < 4.78 is 0. The molecular weight excluding hydrogens is 310 g/mol. The molecule has 0 atom stereocenters. The van der Waals surface area contributed by atoms with Crippen molar-refractivity contribution in [1.82, 2.24) is 15.2 Å². The summed E-state index contributed by atoms with van der Waals surface area (Å²) in [6.45, 7) is 7.62. The maximum absolute atomic E-state index is 4.70. The van der Waals surface area contributed by atoms with Crippen LogP contribution in [0.5, 0.6) is 0 Å². The van der Waals surface area contributed by atoms with Gasteiger partial charge in [0.25, 0.3) is 0 Å². The van der Waals surface area contributed by atoms with Crippen molar-refractivity contribution in [2.75, 3.05) is 38.1 Å². The normalized spacial score (nSPS) is 20.5. The smallest absolute Gasteiger partial charge is 0.193 e. The van der Waals surface area contributed by atoms with Crippen molar-refractivity contribution in [2.45, 2.75) is 52.0 Å². The van der Waals surface area contributed by atoms with Crippen molar-refractivity contribution in [2.24, 2.45) is 10.9 Å². The highest BCUT2D eigenvalue weighted by molar-refractivity contribution is 5.79. The fourth-order valence-electron chi connectivity index (χ4n) is 3.74. The van der Waals surface area contributed by atoms with Crippen LogP contribution in [0.2, 0.25) is 0 Å². The van der Waals surface area contributed by atoms with Crippen molar-refractivity contribution in [1.29, 1.82) is 0 Å². The molecule has 2 aliphatic heterocycles. The molecule has 3 heterocycles. The largest absolute Gasteiger partial charge is 0.357 e. The predicted molar refractivity (Wildman–Crippen MR) is 105 cm³/mol. The molecule has 0 saturated carbocycles. The summed E-state index contributed by atoms with van der Waals surface area (Å²) >= 11 is 0. The van der Waals surface area contributed by atoms with E-state index in [0.29, 0.717) is 0 Å². The maximum Gasteiger partial charge on any atom is 0.193 e. The monoisotopic (exact) mass is 343 g/mol. The minimum Gasteiger partial charge on any atom is -0.357 e. The third kappa shape index (κ3) is 5.10. The molecule has 1 N–H and O–H groups in total. The van der Waals surface area contributed by atoms with Crippen LogP contribution in [0, 0.1) is 5.92 Å². The first-order valence-electron chi connectivity index (χ1n) is 9.92. The van der Waals surface area contributed by atoms with Gasteiger partial charge in [-0.25, -0.2) is 4.98 Å². The molecule has 138 valence electrons. The van der Waals surface area contributed by atoms with E-state index in [4.69, 9.17) is 4.98 Å². The minimum atomic E-state index is 0.784. The maximum atomic E-state index is 4.70. The van der Waals surface area contributed by atoms with Crippen molar-refractivity contribution < 1.29 is 0 Å². The highest BCUT2D eigenvalue weighted by atomic mass is 15.3. The molecule has 2 aliphatic rings. The third-order valence-corrected chi connectivity index (χ3v) is 5.48. The van der Waals surface area contributed by atoms with Crippen LogP contribution in [0.1, 0.15) is 51.0 Å². The number of aromatic nitrogens is 1. The van der Waals surface area contributed by atoms with Gasteiger partial charge in [0.1, 0.15) is 5.82 Å². The molecule has 3 rings (SSSR count). The number of rotatable bonds is 3. The van der Waals surface area contributed by atoms with Gasteiger partial charge in [0, 0.05) is 46.0 Å². The van der Waals surface area contributed by atoms with Crippen molar-refractivity contribution in [3.63, 3.8) is 0 Å². The molecular formula is C20H33N5. The Balaban J connectivity index is 1.52. The molecule has 0 aliphatic carbocycles. The van der Waals surface area contributed by atoms with Crippen molar-refractivity contribution >= 4 is 11.8 Å². The Kier molecular flexibility index (Phi) is 6.54. The highest BCUT2D eigenvalue weighted by Gasteiger charge is 2.18. The van der Waals surface area contributed by atoms with Gasteiger partial charge < -0.3 is 15.1 Å². The van der Waals surface area contributed by atoms with Gasteiger partial charge in [-0.1, -0.05) is 25.8 Å². The lowest BCUT2D eigenvalue weighted by Gasteiger charge is -2.32. The molecule has 0 radical (unpaired) electrons. The Hall–Kier alpha value is -1.78. The number of hydrogen-bond acceptors (Lipinski definition) is 3. The second kappa shape index (κ2) is 9.07. The fraction of sp³-hybridized carbons (Fsp3) is 0.700. The van der Waals surface area contributed by atoms with Gasteiger partial charge in [-0.05, 0) is 43.2 Å². The Labute approximate surface area is 152 Å². The average molecular weight is 344 g/mol. The zero-order valence-corrected chi connectivity index (χ0v) is 15.9. The van der Waals surface area contributed by atoms with Gasteiger partial charge in [0.2, 0.25) is 0 Å². The van der Waals surface area contributed by atoms with Gasteiger partial charge in [-0.2, -0.15) is 0 Å². The van der Waals surface area contributed by atoms with Crippen molar-refractivity contribution in [3.05, 3.63) is 23.9 Å². The number of aliphatic imine (C=N–C) groups is 1. The summed E-state index contributed by atoms with van der Waals surface area (Å²) in [7, 11) is 1.88. The van der Waals surface area contributed by atoms with Crippen LogP contribution in [0.25, 0.3) is 0 Å². The molecule has 0 unspecified atom stereocenters. The number of nitrogens with one attached hydrogen (secondary N) is 1. The van der Waals surface area contributed by atoms with Gasteiger partial charge in [-0.3, -0.25) is 4.99 Å². The van der Waals surface area contributed by atoms with Crippen LogP contribution in [0.4, 0.5) is 5.82 Å². The molecule has 0 bridgehead atoms. The van der Waals surface area contributed by atoms with E-state index in [-0.39, 0.29) is 0 Å². The lowest BCUT2D eigenvalue weighted by molar-refractivity contribution is 0.273. The number of anilines is 1. The summed E-state index contributed by atoms with van der Waals surface area (Å²) in [6.07, 6.45) is 9.81. The van der Waals surface area contributed by atoms with E-state index in [1.165, 1.54) is 44.1 Å². The second-order valence-corrected chi connectivity index (χ2v) is 7.50. The zero-order chi connectivity index (χ0) is 17.5. The number of piperidine rings is 1. The SMILES string of the molecule is CN=C(NCc1ccc(N2CCCCCC2)nc1)N1CCC(C)CC1. The predicted octanol–water partition coefficient (Wildman–Crippen LogP) is 3.27. The first-order valence-corrected chi connectivity index (χ1v) is 9.92. The van der Waals surface area contributed by atoms with Crippen LogP contribution >= 0.6 is 0 Å². The number of guanidine groups is 1. The molecule has 1 aromatic rings. The Morgan fingerprint density at radius 1 is 1.12 bits per heavy atom. The van der Waals surface area contributed by atoms with Crippen LogP contribution in [-0.2, 0) is 6.54 Å². The van der Waals surface area contributed by atoms with Crippen LogP contribution in [-0.4, -0.2) is 49.1 Å². The quantitative estimate of drug-likeness (QED) is 0.676. The molecule has 2 saturated heterocycles. The number of nitrogens with zero attached hydrogens (tertiary/aromatic N) is 4. The van der Waals surface area contributed by atoms with E-state index in [0.717, 1.165) is 50.4 Å². The molecule has 1 aromatic heterocycles. The van der Waals surface area contributed by atoms with Gasteiger partial charge in [0.05, 0.1) is 0 Å². The molecule has 5 nitrogen and oxygen atoms in total. The first-order chi connectivity index (χ1) is 12.3. The van der Waals surface area contributed by atoms with E-state index in [1.54, 1.807) is 0 Å². The summed E-state index contributed by atoms with van der Waals surface area (Å²) in [6, 6.07) is 4.37. The summed E-state index contributed by atoms with van der Waals surface area (Å²) in [5.74, 6) is 2.98. The van der Waals surface area contributed by atoms with E-state index in [1.807, 2.05) is 13.2 Å². The molecule has 25 heavy (non-hydrogen) atoms. The standard InChI is InChI=1S/C20H33N5/c1-17-9-13-25(14-10-17)20(21-2)23-16-18-7-8-19(22-15-18)24-11-5-3-4-6-12-24/h7-8,15,17H,3-6,9-14,16H2,1-2H3,(H,21,23). The third-order valence-electron chi connectivity index (χ3n) is 5.48. The van der Waals surface area contributed by atoms with Crippen LogP contribution in [0.3, 0.4) is 0 Å². The lowest BCUT2D eigenvalue weighted by Crippen LogP contribution is -2.45. The lowest BCUT2D eigenvalue weighted by atomic mass is 10.00. The fourth-order valence-corrected chi connectivity index (χ4v) is 3.74.